The van der Waals surface area contributed by atoms with E-state index in [1.165, 1.54) is 27.0 Å². The summed E-state index contributed by atoms with van der Waals surface area (Å²) in [7, 11) is 0. The van der Waals surface area contributed by atoms with E-state index in [0.29, 0.717) is 5.56 Å². The van der Waals surface area contributed by atoms with Crippen molar-refractivity contribution in [3.8, 4) is 5.69 Å². The van der Waals surface area contributed by atoms with E-state index >= 15 is 0 Å². The molecule has 3 aromatic rings. The number of benzene rings is 2. The van der Waals surface area contributed by atoms with Gasteiger partial charge < -0.3 is 31.0 Å². The Kier molecular flexibility index (Phi) is 14.3. The second-order valence-corrected chi connectivity index (χ2v) is 14.4. The van der Waals surface area contributed by atoms with E-state index in [2.05, 4.69) is 20.6 Å². The van der Waals surface area contributed by atoms with Gasteiger partial charge in [-0.1, -0.05) is 51.1 Å². The van der Waals surface area contributed by atoms with Crippen LogP contribution in [0.2, 0.25) is 0 Å². The lowest BCUT2D eigenvalue weighted by Crippen LogP contribution is -2.54. The van der Waals surface area contributed by atoms with Gasteiger partial charge in [-0.15, -0.1) is 5.06 Å². The quantitative estimate of drug-likeness (QED) is 0.145. The number of aliphatic hydroxyl groups excluding tert-OH is 1. The van der Waals surface area contributed by atoms with Crippen LogP contribution < -0.4 is 16.4 Å². The van der Waals surface area contributed by atoms with E-state index in [4.69, 9.17) is 10.5 Å². The zero-order valence-corrected chi connectivity index (χ0v) is 30.7. The maximum Gasteiger partial charge on any atom is 0.493 e. The number of nitrogens with two attached hydrogens (primary N) is 1. The van der Waals surface area contributed by atoms with Gasteiger partial charge in [-0.05, 0) is 55.9 Å². The first-order valence-electron chi connectivity index (χ1n) is 16.9. The number of aromatic nitrogens is 2. The fraction of sp³-hybridized carbons (Fsp3) is 0.472. The van der Waals surface area contributed by atoms with E-state index in [1.54, 1.807) is 32.9 Å². The fourth-order valence-corrected chi connectivity index (χ4v) is 5.39. The van der Waals surface area contributed by atoms with Gasteiger partial charge in [-0.3, -0.25) is 9.59 Å². The molecule has 1 heterocycles. The number of carbonyl (C=O) groups excluding carboxylic acids is 4. The summed E-state index contributed by atoms with van der Waals surface area (Å²) in [6.45, 7) is 8.47. The molecule has 3 atom stereocenters. The molecule has 3 rings (SSSR count). The predicted octanol–water partition coefficient (Wildman–Crippen LogP) is 4.44. The molecule has 5 N–H and O–H groups in total. The molecule has 0 saturated carbocycles. The highest BCUT2D eigenvalue weighted by Gasteiger charge is 2.47. The predicted molar refractivity (Wildman–Crippen MR) is 185 cm³/mol. The van der Waals surface area contributed by atoms with Crippen molar-refractivity contribution in [2.45, 2.75) is 84.2 Å². The highest BCUT2D eigenvalue weighted by Crippen LogP contribution is 2.40. The molecule has 1 aromatic heterocycles. The number of nitrogens with one attached hydrogen (secondary N) is 2. The van der Waals surface area contributed by atoms with Crippen LogP contribution in [0.1, 0.15) is 70.7 Å². The van der Waals surface area contributed by atoms with Gasteiger partial charge in [0, 0.05) is 44.2 Å². The zero-order valence-electron chi connectivity index (χ0n) is 30.7. The number of hydrogen-bond donors (Lipinski definition) is 4. The number of amides is 3. The topological polar surface area (TPSA) is 178 Å². The molecular formula is C36H45F5N6O7. The van der Waals surface area contributed by atoms with E-state index in [0.717, 1.165) is 28.4 Å². The van der Waals surface area contributed by atoms with Crippen LogP contribution in [0, 0.1) is 17.0 Å². The highest BCUT2D eigenvalue weighted by molar-refractivity contribution is 5.87. The average molecular weight is 769 g/mol. The Bertz CT molecular complexity index is 1770. The average Bonchev–Trinajstić information content (AvgIpc) is 3.46. The molecule has 0 radical (unpaired) electrons. The molecule has 0 bridgehead atoms. The van der Waals surface area contributed by atoms with Gasteiger partial charge in [0.25, 0.3) is 0 Å². The summed E-state index contributed by atoms with van der Waals surface area (Å²) in [4.78, 5) is 55.9. The standard InChI is InChI=1S/C36H45F5N6O7/c1-34(2,3)27(28-22(18-21-10-8-7-9-11-21)20-46(45-28)26-19-23(37)12-13-24(26)38)29(48)31(50)43-16-14-25(30(49)44-17-15-42)47(33(52)53-35(4,5)6)54-32(51)36(39,40)41/h7-13,19-20,25,27,29,48H,14-18,42H2,1-6H3,(H,43,50)(H,44,49)/t25-,27+,29-/m0/s1. The van der Waals surface area contributed by atoms with Crippen LogP contribution in [-0.4, -0.2) is 87.4 Å². The summed E-state index contributed by atoms with van der Waals surface area (Å²) in [6, 6.07) is 9.91. The van der Waals surface area contributed by atoms with E-state index < -0.39 is 83.7 Å². The molecule has 13 nitrogen and oxygen atoms in total. The summed E-state index contributed by atoms with van der Waals surface area (Å²) in [5.41, 5.74) is 4.48. The minimum absolute atomic E-state index is 0.0990. The van der Waals surface area contributed by atoms with Crippen molar-refractivity contribution in [1.82, 2.24) is 25.5 Å². The lowest BCUT2D eigenvalue weighted by atomic mass is 9.73. The Morgan fingerprint density at radius 2 is 1.57 bits per heavy atom. The van der Waals surface area contributed by atoms with Crippen LogP contribution in [0.15, 0.2) is 54.7 Å². The van der Waals surface area contributed by atoms with Gasteiger partial charge in [0.2, 0.25) is 11.8 Å². The number of alkyl halides is 3. The number of carbonyl (C=O) groups is 4. The molecule has 18 heteroatoms. The fourth-order valence-electron chi connectivity index (χ4n) is 5.39. The Hall–Kier alpha value is -5.10. The van der Waals surface area contributed by atoms with Crippen molar-refractivity contribution >= 4 is 23.9 Å². The molecule has 0 aliphatic rings. The van der Waals surface area contributed by atoms with Crippen LogP contribution in [0.25, 0.3) is 5.69 Å². The van der Waals surface area contributed by atoms with E-state index in [-0.39, 0.29) is 36.0 Å². The van der Waals surface area contributed by atoms with Crippen molar-refractivity contribution in [2.24, 2.45) is 11.1 Å². The molecule has 296 valence electrons. The third-order valence-corrected chi connectivity index (χ3v) is 7.76. The Labute approximate surface area is 308 Å². The number of hydroxylamine groups is 2. The normalized spacial score (nSPS) is 13.7. The van der Waals surface area contributed by atoms with Crippen molar-refractivity contribution in [3.63, 3.8) is 0 Å². The van der Waals surface area contributed by atoms with Crippen molar-refractivity contribution in [3.05, 3.63) is 83.2 Å². The first-order chi connectivity index (χ1) is 25.0. The smallest absolute Gasteiger partial charge is 0.442 e. The molecule has 0 fully saturated rings. The molecule has 3 amide bonds. The minimum atomic E-state index is -5.56. The van der Waals surface area contributed by atoms with Crippen LogP contribution in [0.4, 0.5) is 26.7 Å². The van der Waals surface area contributed by atoms with Gasteiger partial charge >= 0.3 is 18.2 Å². The van der Waals surface area contributed by atoms with Crippen molar-refractivity contribution in [1.29, 1.82) is 0 Å². The molecule has 0 saturated heterocycles. The van der Waals surface area contributed by atoms with Crippen LogP contribution in [0.3, 0.4) is 0 Å². The maximum absolute atomic E-state index is 14.9. The monoisotopic (exact) mass is 768 g/mol. The number of halogens is 5. The van der Waals surface area contributed by atoms with Gasteiger partial charge in [-0.2, -0.15) is 18.3 Å². The second-order valence-electron chi connectivity index (χ2n) is 14.4. The number of hydrogen-bond acceptors (Lipinski definition) is 9. The van der Waals surface area contributed by atoms with Gasteiger partial charge in [0.1, 0.15) is 29.0 Å². The molecular weight excluding hydrogens is 723 g/mol. The Balaban J connectivity index is 1.97. The summed E-state index contributed by atoms with van der Waals surface area (Å²) < 4.78 is 75.0. The molecule has 0 spiro atoms. The van der Waals surface area contributed by atoms with Gasteiger partial charge in [0.15, 0.2) is 6.04 Å². The summed E-state index contributed by atoms with van der Waals surface area (Å²) in [5, 5.41) is 20.7. The molecule has 54 heavy (non-hydrogen) atoms. The number of nitrogens with zero attached hydrogens (tertiary/aromatic N) is 3. The van der Waals surface area contributed by atoms with Crippen LogP contribution >= 0.6 is 0 Å². The summed E-state index contributed by atoms with van der Waals surface area (Å²) >= 11 is 0. The zero-order chi connectivity index (χ0) is 40.6. The van der Waals surface area contributed by atoms with Crippen molar-refractivity contribution < 1.29 is 55.8 Å². The summed E-state index contributed by atoms with van der Waals surface area (Å²) in [6.07, 6.45) is -7.97. The number of aliphatic hydroxyl groups is 1. The highest BCUT2D eigenvalue weighted by atomic mass is 19.4. The summed E-state index contributed by atoms with van der Waals surface area (Å²) in [5.74, 6) is -7.53. The Morgan fingerprint density at radius 1 is 0.944 bits per heavy atom. The SMILES string of the molecule is CC(C)(C)OC(=O)N(OC(=O)C(F)(F)F)[C@@H](CCNC(=O)[C@@H](O)[C@@H](c1nn(-c2cc(F)ccc2F)cc1Cc1ccccc1)C(C)(C)C)C(=O)NCCN. The van der Waals surface area contributed by atoms with Crippen LogP contribution in [0.5, 0.6) is 0 Å². The maximum atomic E-state index is 14.9. The third-order valence-electron chi connectivity index (χ3n) is 7.76. The molecule has 0 aliphatic carbocycles. The second kappa shape index (κ2) is 17.8. The number of ether oxygens (including phenoxy) is 1. The van der Waals surface area contributed by atoms with E-state index in [9.17, 15) is 46.2 Å². The largest absolute Gasteiger partial charge is 0.493 e. The minimum Gasteiger partial charge on any atom is -0.442 e. The first kappa shape index (κ1) is 43.3. The third kappa shape index (κ3) is 12.0. The molecule has 0 unspecified atom stereocenters. The first-order valence-corrected chi connectivity index (χ1v) is 16.9. The van der Waals surface area contributed by atoms with Gasteiger partial charge in [0.05, 0.1) is 5.69 Å². The molecule has 0 aliphatic heterocycles. The van der Waals surface area contributed by atoms with Crippen molar-refractivity contribution in [2.75, 3.05) is 19.6 Å². The number of rotatable bonds is 13. The molecule has 2 aromatic carbocycles. The lowest BCUT2D eigenvalue weighted by Gasteiger charge is -2.34. The van der Waals surface area contributed by atoms with E-state index in [1.807, 2.05) is 18.2 Å². The van der Waals surface area contributed by atoms with Crippen LogP contribution in [-0.2, 0) is 30.4 Å². The van der Waals surface area contributed by atoms with Gasteiger partial charge in [-0.25, -0.2) is 23.1 Å². The lowest BCUT2D eigenvalue weighted by molar-refractivity contribution is -0.238. The Morgan fingerprint density at radius 3 is 2.15 bits per heavy atom.